The maximum atomic E-state index is 10.2. The van der Waals surface area contributed by atoms with Crippen LogP contribution in [0.15, 0.2) is 0 Å². The van der Waals surface area contributed by atoms with Crippen molar-refractivity contribution in [2.75, 3.05) is 13.2 Å². The molecule has 0 aromatic rings. The average Bonchev–Trinajstić information content (AvgIpc) is 1.83. The molecule has 4 heteroatoms. The normalized spacial score (nSPS) is 7.78. The summed E-state index contributed by atoms with van der Waals surface area (Å²) in [6.07, 6.45) is 0.375. The number of carbonyl (C=O) groups excluding carboxylic acids is 1. The molecule has 0 aliphatic carbocycles. The summed E-state index contributed by atoms with van der Waals surface area (Å²) < 4.78 is 4.45. The van der Waals surface area contributed by atoms with Crippen molar-refractivity contribution >= 4 is 5.97 Å². The van der Waals surface area contributed by atoms with E-state index < -0.39 is 0 Å². The van der Waals surface area contributed by atoms with E-state index in [0.29, 0.717) is 6.42 Å². The molecule has 0 aromatic heterocycles. The second-order valence-electron chi connectivity index (χ2n) is 1.30. The fourth-order valence-corrected chi connectivity index (χ4v) is 0.262. The molecular formula is C5H11NaO3. The monoisotopic (exact) mass is 142 g/mol. The minimum atomic E-state index is -0.265. The molecular weight excluding hydrogens is 131 g/mol. The van der Waals surface area contributed by atoms with Crippen molar-refractivity contribution in [1.82, 2.24) is 0 Å². The summed E-state index contributed by atoms with van der Waals surface area (Å²) in [6.45, 7) is 1.73. The van der Waals surface area contributed by atoms with Gasteiger partial charge in [0.15, 0.2) is 0 Å². The summed E-state index contributed by atoms with van der Waals surface area (Å²) >= 11 is 0. The predicted octanol–water partition coefficient (Wildman–Crippen LogP) is -2.95. The summed E-state index contributed by atoms with van der Waals surface area (Å²) in [6, 6.07) is 0. The Hall–Kier alpha value is 0.430. The van der Waals surface area contributed by atoms with Crippen LogP contribution in [0.1, 0.15) is 14.8 Å². The quantitative estimate of drug-likeness (QED) is 0.338. The van der Waals surface area contributed by atoms with E-state index in [-0.39, 0.29) is 50.2 Å². The third-order valence-corrected chi connectivity index (χ3v) is 0.643. The van der Waals surface area contributed by atoms with E-state index in [9.17, 15) is 4.79 Å². The second kappa shape index (κ2) is 8.43. The van der Waals surface area contributed by atoms with Crippen molar-refractivity contribution in [3.8, 4) is 0 Å². The first-order valence-electron chi connectivity index (χ1n) is 2.57. The van der Waals surface area contributed by atoms with Crippen molar-refractivity contribution in [3.05, 3.63) is 0 Å². The Kier molecular flexibility index (Phi) is 11.4. The van der Waals surface area contributed by atoms with Gasteiger partial charge in [-0.15, -0.1) is 0 Å². The van der Waals surface area contributed by atoms with Crippen molar-refractivity contribution in [2.45, 2.75) is 13.3 Å². The molecule has 0 aliphatic rings. The van der Waals surface area contributed by atoms with Crippen LogP contribution in [0.25, 0.3) is 0 Å². The Labute approximate surface area is 78.2 Å². The Morgan fingerprint density at radius 3 is 2.67 bits per heavy atom. The first-order chi connectivity index (χ1) is 3.81. The Morgan fingerprint density at radius 1 is 1.78 bits per heavy atom. The first-order valence-corrected chi connectivity index (χ1v) is 2.57. The van der Waals surface area contributed by atoms with Gasteiger partial charge in [0, 0.05) is 6.42 Å². The third kappa shape index (κ3) is 8.43. The molecule has 0 radical (unpaired) electrons. The van der Waals surface area contributed by atoms with Gasteiger partial charge in [0.2, 0.25) is 0 Å². The van der Waals surface area contributed by atoms with E-state index in [4.69, 9.17) is 5.11 Å². The molecule has 3 nitrogen and oxygen atoms in total. The number of carbonyl (C=O) groups is 1. The maximum absolute atomic E-state index is 10.2. The zero-order chi connectivity index (χ0) is 6.41. The van der Waals surface area contributed by atoms with Gasteiger partial charge in [-0.3, -0.25) is 4.79 Å². The molecule has 0 saturated heterocycles. The molecule has 9 heavy (non-hydrogen) atoms. The minimum absolute atomic E-state index is 0. The average molecular weight is 142 g/mol. The van der Waals surface area contributed by atoms with Crippen LogP contribution in [-0.2, 0) is 9.53 Å². The van der Waals surface area contributed by atoms with Gasteiger partial charge in [-0.2, -0.15) is 0 Å². The van der Waals surface area contributed by atoms with Crippen molar-refractivity contribution in [1.29, 1.82) is 0 Å². The van der Waals surface area contributed by atoms with Crippen LogP contribution in [0.2, 0.25) is 0 Å². The Bertz CT molecular complexity index is 79.3. The topological polar surface area (TPSA) is 46.5 Å². The number of aliphatic hydroxyl groups is 1. The predicted molar refractivity (Wildman–Crippen MR) is 29.4 cm³/mol. The summed E-state index contributed by atoms with van der Waals surface area (Å²) in [4.78, 5) is 10.2. The molecule has 0 unspecified atom stereocenters. The summed E-state index contributed by atoms with van der Waals surface area (Å²) in [5.41, 5.74) is 0. The van der Waals surface area contributed by atoms with Gasteiger partial charge in [0.25, 0.3) is 0 Å². The smallest absolute Gasteiger partial charge is 1.00 e. The molecule has 1 N–H and O–H groups in total. The molecule has 0 aliphatic heterocycles. The van der Waals surface area contributed by atoms with Gasteiger partial charge in [-0.1, -0.05) is 6.92 Å². The van der Waals surface area contributed by atoms with Crippen molar-refractivity contribution in [3.63, 3.8) is 0 Å². The number of esters is 1. The van der Waals surface area contributed by atoms with Gasteiger partial charge in [-0.05, 0) is 0 Å². The fourth-order valence-electron chi connectivity index (χ4n) is 0.262. The summed E-state index contributed by atoms with van der Waals surface area (Å²) in [7, 11) is 0. The van der Waals surface area contributed by atoms with Crippen LogP contribution in [0.4, 0.5) is 0 Å². The number of hydrogen-bond acceptors (Lipinski definition) is 3. The third-order valence-electron chi connectivity index (χ3n) is 0.643. The van der Waals surface area contributed by atoms with Gasteiger partial charge >= 0.3 is 35.5 Å². The SMILES string of the molecule is CCC(=O)OCCO.[H-].[Na+]. The zero-order valence-electron chi connectivity index (χ0n) is 6.89. The van der Waals surface area contributed by atoms with E-state index in [1.807, 2.05) is 0 Å². The molecule has 0 aromatic carbocycles. The van der Waals surface area contributed by atoms with Crippen LogP contribution in [0.3, 0.4) is 0 Å². The molecule has 0 atom stereocenters. The molecule has 0 spiro atoms. The first kappa shape index (κ1) is 12.1. The molecule has 50 valence electrons. The van der Waals surface area contributed by atoms with E-state index in [2.05, 4.69) is 4.74 Å². The molecule has 0 rings (SSSR count). The number of ether oxygens (including phenoxy) is 1. The van der Waals surface area contributed by atoms with Crippen molar-refractivity contribution < 1.29 is 45.6 Å². The standard InChI is InChI=1S/C5H10O3.Na.H/c1-2-5(7)8-4-3-6;;/h6H,2-4H2,1H3;;/q;+1;-1. The van der Waals surface area contributed by atoms with Gasteiger partial charge in [0.05, 0.1) is 6.61 Å². The Balaban J connectivity index is -0.000000245. The maximum Gasteiger partial charge on any atom is 1.00 e. The Morgan fingerprint density at radius 2 is 2.33 bits per heavy atom. The summed E-state index contributed by atoms with van der Waals surface area (Å²) in [5.74, 6) is -0.265. The largest absolute Gasteiger partial charge is 1.00 e. The van der Waals surface area contributed by atoms with E-state index in [1.165, 1.54) is 0 Å². The molecule has 0 saturated carbocycles. The molecule has 0 amide bonds. The minimum Gasteiger partial charge on any atom is -1.00 e. The van der Waals surface area contributed by atoms with Gasteiger partial charge < -0.3 is 11.3 Å². The molecule has 0 bridgehead atoms. The van der Waals surface area contributed by atoms with E-state index >= 15 is 0 Å². The van der Waals surface area contributed by atoms with Crippen LogP contribution in [-0.4, -0.2) is 24.3 Å². The van der Waals surface area contributed by atoms with Gasteiger partial charge in [-0.25, -0.2) is 0 Å². The zero-order valence-corrected chi connectivity index (χ0v) is 7.89. The molecule has 0 fully saturated rings. The van der Waals surface area contributed by atoms with E-state index in [0.717, 1.165) is 0 Å². The second-order valence-corrected chi connectivity index (χ2v) is 1.30. The number of hydrogen-bond donors (Lipinski definition) is 1. The molecule has 0 heterocycles. The van der Waals surface area contributed by atoms with Crippen LogP contribution in [0, 0.1) is 0 Å². The number of aliphatic hydroxyl groups excluding tert-OH is 1. The number of rotatable bonds is 3. The van der Waals surface area contributed by atoms with Crippen LogP contribution in [0.5, 0.6) is 0 Å². The van der Waals surface area contributed by atoms with Crippen LogP contribution >= 0.6 is 0 Å². The van der Waals surface area contributed by atoms with Crippen LogP contribution < -0.4 is 29.6 Å². The van der Waals surface area contributed by atoms with Gasteiger partial charge in [0.1, 0.15) is 6.61 Å². The summed E-state index contributed by atoms with van der Waals surface area (Å²) in [5, 5.41) is 8.13. The van der Waals surface area contributed by atoms with E-state index in [1.54, 1.807) is 6.92 Å². The van der Waals surface area contributed by atoms with Crippen molar-refractivity contribution in [2.24, 2.45) is 0 Å². The fraction of sp³-hybridized carbons (Fsp3) is 0.800.